The number of hydrogen-bond donors (Lipinski definition) is 4. The van der Waals surface area contributed by atoms with Crippen molar-refractivity contribution in [2.75, 3.05) is 13.1 Å². The average Bonchev–Trinajstić information content (AvgIpc) is 1.99. The summed E-state index contributed by atoms with van der Waals surface area (Å²) in [6.45, 7) is 1.80. The summed E-state index contributed by atoms with van der Waals surface area (Å²) in [5.41, 5.74) is 10.9. The van der Waals surface area contributed by atoms with Crippen molar-refractivity contribution in [1.82, 2.24) is 10.6 Å². The predicted molar refractivity (Wildman–Crippen MR) is 36.0 cm³/mol. The van der Waals surface area contributed by atoms with Crippen LogP contribution in [0, 0.1) is 0 Å². The zero-order valence-electron chi connectivity index (χ0n) is 5.28. The van der Waals surface area contributed by atoms with E-state index in [1.54, 1.807) is 0 Å². The minimum absolute atomic E-state index is 0.562. The van der Waals surface area contributed by atoms with E-state index in [2.05, 4.69) is 10.6 Å². The Balaban J connectivity index is 2.55. The van der Waals surface area contributed by atoms with E-state index >= 15 is 0 Å². The van der Waals surface area contributed by atoms with Crippen molar-refractivity contribution in [3.05, 3.63) is 11.6 Å². The summed E-state index contributed by atoms with van der Waals surface area (Å²) in [6.07, 6.45) is 1.06. The lowest BCUT2D eigenvalue weighted by molar-refractivity contribution is 0.722. The Morgan fingerprint density at radius 3 is 1.89 bits per heavy atom. The number of rotatable bonds is 0. The zero-order valence-corrected chi connectivity index (χ0v) is 5.28. The van der Waals surface area contributed by atoms with Crippen molar-refractivity contribution in [1.29, 1.82) is 0 Å². The van der Waals surface area contributed by atoms with Gasteiger partial charge in [0, 0.05) is 13.1 Å². The van der Waals surface area contributed by atoms with Crippen LogP contribution in [0.4, 0.5) is 0 Å². The number of nitrogens with two attached hydrogens (primary N) is 2. The first-order valence-corrected chi connectivity index (χ1v) is 3.03. The maximum Gasteiger partial charge on any atom is 0.137 e. The van der Waals surface area contributed by atoms with Gasteiger partial charge in [-0.3, -0.25) is 0 Å². The van der Waals surface area contributed by atoms with Crippen molar-refractivity contribution in [3.63, 3.8) is 0 Å². The monoisotopic (exact) mass is 128 g/mol. The van der Waals surface area contributed by atoms with E-state index in [4.69, 9.17) is 11.5 Å². The van der Waals surface area contributed by atoms with Gasteiger partial charge in [0.25, 0.3) is 0 Å². The van der Waals surface area contributed by atoms with Crippen LogP contribution in [0.3, 0.4) is 0 Å². The molecule has 0 unspecified atom stereocenters. The van der Waals surface area contributed by atoms with Gasteiger partial charge in [-0.25, -0.2) is 0 Å². The van der Waals surface area contributed by atoms with Gasteiger partial charge in [0.1, 0.15) is 11.6 Å². The van der Waals surface area contributed by atoms with E-state index in [-0.39, 0.29) is 0 Å². The molecule has 0 bridgehead atoms. The van der Waals surface area contributed by atoms with E-state index < -0.39 is 0 Å². The minimum Gasteiger partial charge on any atom is -0.383 e. The molecule has 9 heavy (non-hydrogen) atoms. The highest BCUT2D eigenvalue weighted by Gasteiger charge is 2.00. The first kappa shape index (κ1) is 6.07. The van der Waals surface area contributed by atoms with Gasteiger partial charge in [0.05, 0.1) is 0 Å². The average molecular weight is 128 g/mol. The number of hydrogen-bond acceptors (Lipinski definition) is 4. The molecular formula is C5H12N4. The van der Waals surface area contributed by atoms with E-state index in [1.165, 1.54) is 0 Å². The largest absolute Gasteiger partial charge is 0.383 e. The lowest BCUT2D eigenvalue weighted by atomic mass is 10.4. The Morgan fingerprint density at radius 2 is 1.44 bits per heavy atom. The van der Waals surface area contributed by atoms with Crippen LogP contribution >= 0.6 is 0 Å². The van der Waals surface area contributed by atoms with E-state index in [0.717, 1.165) is 19.5 Å². The highest BCUT2D eigenvalue weighted by atomic mass is 15.1. The van der Waals surface area contributed by atoms with Crippen LogP contribution in [0.5, 0.6) is 0 Å². The Bertz CT molecular complexity index is 115. The van der Waals surface area contributed by atoms with Gasteiger partial charge < -0.3 is 22.1 Å². The predicted octanol–water partition coefficient (Wildman–Crippen LogP) is -1.39. The minimum atomic E-state index is 0.562. The fourth-order valence-corrected chi connectivity index (χ4v) is 0.725. The first-order chi connectivity index (χ1) is 4.30. The molecule has 0 aromatic rings. The van der Waals surface area contributed by atoms with Gasteiger partial charge in [-0.2, -0.15) is 0 Å². The van der Waals surface area contributed by atoms with Gasteiger partial charge in [-0.05, 0) is 6.42 Å². The molecule has 0 aromatic carbocycles. The third-order valence-corrected chi connectivity index (χ3v) is 1.27. The topological polar surface area (TPSA) is 76.1 Å². The lowest BCUT2D eigenvalue weighted by Crippen LogP contribution is -2.27. The van der Waals surface area contributed by atoms with Crippen molar-refractivity contribution < 1.29 is 0 Å². The molecule has 1 heterocycles. The standard InChI is InChI=1S/C5H12N4/c6-4-5(7)9-3-1-2-8-4/h8-9H,1-3,6-7H2. The van der Waals surface area contributed by atoms with Crippen LogP contribution in [0.1, 0.15) is 6.42 Å². The van der Waals surface area contributed by atoms with Gasteiger partial charge in [0.15, 0.2) is 0 Å². The van der Waals surface area contributed by atoms with E-state index in [9.17, 15) is 0 Å². The maximum absolute atomic E-state index is 5.46. The molecule has 0 saturated carbocycles. The molecule has 52 valence electrons. The fraction of sp³-hybridized carbons (Fsp3) is 0.600. The lowest BCUT2D eigenvalue weighted by Gasteiger charge is -2.03. The van der Waals surface area contributed by atoms with Crippen molar-refractivity contribution in [2.24, 2.45) is 11.5 Å². The highest BCUT2D eigenvalue weighted by molar-refractivity contribution is 5.04. The molecule has 4 heteroatoms. The molecule has 0 spiro atoms. The van der Waals surface area contributed by atoms with Gasteiger partial charge >= 0.3 is 0 Å². The number of nitrogens with one attached hydrogen (secondary N) is 2. The Kier molecular flexibility index (Phi) is 1.67. The quantitative estimate of drug-likeness (QED) is 0.324. The van der Waals surface area contributed by atoms with Crippen LogP contribution in [-0.4, -0.2) is 13.1 Å². The molecule has 1 aliphatic heterocycles. The Hall–Kier alpha value is -1.06. The molecule has 0 saturated heterocycles. The molecular weight excluding hydrogens is 116 g/mol. The maximum atomic E-state index is 5.46. The third-order valence-electron chi connectivity index (χ3n) is 1.27. The summed E-state index contributed by atoms with van der Waals surface area (Å²) < 4.78 is 0. The SMILES string of the molecule is NC1=C(N)NCCCN1. The summed E-state index contributed by atoms with van der Waals surface area (Å²) >= 11 is 0. The smallest absolute Gasteiger partial charge is 0.137 e. The van der Waals surface area contributed by atoms with Crippen molar-refractivity contribution in [2.45, 2.75) is 6.42 Å². The Labute approximate surface area is 54.3 Å². The first-order valence-electron chi connectivity index (χ1n) is 3.03. The van der Waals surface area contributed by atoms with Gasteiger partial charge in [0.2, 0.25) is 0 Å². The molecule has 0 radical (unpaired) electrons. The molecule has 0 aromatic heterocycles. The summed E-state index contributed by atoms with van der Waals surface area (Å²) in [5.74, 6) is 1.13. The molecule has 6 N–H and O–H groups in total. The zero-order chi connectivity index (χ0) is 6.69. The van der Waals surface area contributed by atoms with Crippen LogP contribution in [0.15, 0.2) is 11.6 Å². The van der Waals surface area contributed by atoms with Crippen LogP contribution < -0.4 is 22.1 Å². The summed E-state index contributed by atoms with van der Waals surface area (Å²) in [7, 11) is 0. The Morgan fingerprint density at radius 1 is 1.00 bits per heavy atom. The van der Waals surface area contributed by atoms with E-state index in [0.29, 0.717) is 11.6 Å². The third kappa shape index (κ3) is 1.42. The summed E-state index contributed by atoms with van der Waals surface area (Å²) in [4.78, 5) is 0. The summed E-state index contributed by atoms with van der Waals surface area (Å²) in [6, 6.07) is 0. The van der Waals surface area contributed by atoms with Crippen molar-refractivity contribution in [3.8, 4) is 0 Å². The van der Waals surface area contributed by atoms with Gasteiger partial charge in [-0.15, -0.1) is 0 Å². The molecule has 1 aliphatic rings. The molecule has 0 aliphatic carbocycles. The second-order valence-corrected chi connectivity index (χ2v) is 2.03. The molecule has 0 atom stereocenters. The van der Waals surface area contributed by atoms with Crippen molar-refractivity contribution >= 4 is 0 Å². The second kappa shape index (κ2) is 2.48. The molecule has 4 nitrogen and oxygen atoms in total. The molecule has 1 rings (SSSR count). The fourth-order valence-electron chi connectivity index (χ4n) is 0.725. The summed E-state index contributed by atoms with van der Waals surface area (Å²) in [5, 5.41) is 5.93. The molecule has 0 amide bonds. The van der Waals surface area contributed by atoms with E-state index in [1.807, 2.05) is 0 Å². The van der Waals surface area contributed by atoms with Gasteiger partial charge in [-0.1, -0.05) is 0 Å². The van der Waals surface area contributed by atoms with Crippen LogP contribution in [0.25, 0.3) is 0 Å². The molecule has 0 fully saturated rings. The normalized spacial score (nSPS) is 20.0. The highest BCUT2D eigenvalue weighted by Crippen LogP contribution is 1.88. The van der Waals surface area contributed by atoms with Crippen LogP contribution in [0.2, 0.25) is 0 Å². The van der Waals surface area contributed by atoms with Crippen LogP contribution in [-0.2, 0) is 0 Å². The second-order valence-electron chi connectivity index (χ2n) is 2.03.